The van der Waals surface area contributed by atoms with Gasteiger partial charge in [-0.05, 0) is 67.6 Å². The average Bonchev–Trinajstić information content (AvgIpc) is 2.86. The smallest absolute Gasteiger partial charge is 0.139 e. The summed E-state index contributed by atoms with van der Waals surface area (Å²) in [5.74, 6) is 3.82. The van der Waals surface area contributed by atoms with Gasteiger partial charge in [-0.15, -0.1) is 0 Å². The third kappa shape index (κ3) is 2.43. The van der Waals surface area contributed by atoms with Gasteiger partial charge in [0.2, 0.25) is 0 Å². The van der Waals surface area contributed by atoms with E-state index in [0.717, 1.165) is 50.4 Å². The minimum atomic E-state index is -0.00511. The Bertz CT molecular complexity index is 496. The van der Waals surface area contributed by atoms with E-state index in [0.29, 0.717) is 28.8 Å². The number of ketones is 2. The maximum absolute atomic E-state index is 12.4. The zero-order valence-corrected chi connectivity index (χ0v) is 15.5. The van der Waals surface area contributed by atoms with Gasteiger partial charge in [0.25, 0.3) is 0 Å². The number of carbonyl (C=O) groups excluding carboxylic acids is 2. The van der Waals surface area contributed by atoms with Crippen LogP contribution in [-0.2, 0) is 9.59 Å². The van der Waals surface area contributed by atoms with Crippen molar-refractivity contribution in [3.63, 3.8) is 0 Å². The predicted octanol–water partition coefficient (Wildman–Crippen LogP) is 5.19. The highest BCUT2D eigenvalue weighted by molar-refractivity contribution is 5.87. The van der Waals surface area contributed by atoms with Crippen LogP contribution in [0.15, 0.2) is 0 Å². The van der Waals surface area contributed by atoms with Gasteiger partial charge >= 0.3 is 0 Å². The van der Waals surface area contributed by atoms with Crippen molar-refractivity contribution in [3.05, 3.63) is 0 Å². The normalized spacial score (nSPS) is 48.7. The van der Waals surface area contributed by atoms with Crippen LogP contribution in [0.2, 0.25) is 0 Å². The van der Waals surface area contributed by atoms with Gasteiger partial charge in [-0.2, -0.15) is 0 Å². The molecule has 4 saturated carbocycles. The minimum absolute atomic E-state index is 0.00511. The Morgan fingerprint density at radius 2 is 1.61 bits per heavy atom. The molecule has 0 heterocycles. The molecule has 0 aliphatic heterocycles. The second kappa shape index (κ2) is 6.01. The first-order chi connectivity index (χ1) is 10.9. The van der Waals surface area contributed by atoms with Gasteiger partial charge in [-0.1, -0.05) is 27.7 Å². The summed E-state index contributed by atoms with van der Waals surface area (Å²) in [4.78, 5) is 24.2. The lowest BCUT2D eigenvalue weighted by molar-refractivity contribution is -0.144. The molecule has 0 aromatic carbocycles. The lowest BCUT2D eigenvalue weighted by Crippen LogP contribution is -2.53. The molecule has 4 aliphatic rings. The van der Waals surface area contributed by atoms with Crippen molar-refractivity contribution in [2.75, 3.05) is 0 Å². The van der Waals surface area contributed by atoms with Crippen LogP contribution in [0.25, 0.3) is 0 Å². The number of hydrogen-bond donors (Lipinski definition) is 0. The summed E-state index contributed by atoms with van der Waals surface area (Å²) < 4.78 is 0. The quantitative estimate of drug-likeness (QED) is 0.615. The fraction of sp³-hybridized carbons (Fsp3) is 0.905. The molecular weight excluding hydrogens is 284 g/mol. The summed E-state index contributed by atoms with van der Waals surface area (Å²) in [6, 6.07) is 0. The summed E-state index contributed by atoms with van der Waals surface area (Å²) in [6.07, 6.45) is 9.53. The molecule has 4 rings (SSSR count). The van der Waals surface area contributed by atoms with Crippen molar-refractivity contribution in [1.82, 2.24) is 0 Å². The van der Waals surface area contributed by atoms with Crippen LogP contribution >= 0.6 is 0 Å². The van der Waals surface area contributed by atoms with Crippen molar-refractivity contribution in [2.45, 2.75) is 85.5 Å². The van der Waals surface area contributed by atoms with E-state index in [4.69, 9.17) is 0 Å². The van der Waals surface area contributed by atoms with E-state index in [1.807, 2.05) is 13.8 Å². The lowest BCUT2D eigenvalue weighted by Gasteiger charge is -2.59. The predicted molar refractivity (Wildman–Crippen MR) is 93.1 cm³/mol. The van der Waals surface area contributed by atoms with Crippen molar-refractivity contribution in [3.8, 4) is 0 Å². The Balaban J connectivity index is 0.000000753. The molecule has 0 amide bonds. The standard InChI is InChI=1S/C19H28O2.C2H6/c1-18-9-7-13(20)11-12(18)3-4-14-15-5-6-17(21)19(15,2)10-8-16(14)18;1-2/h12,14-16H,3-11H2,1-2H3;1-2H3. The zero-order chi connectivity index (χ0) is 16.8. The highest BCUT2D eigenvalue weighted by Gasteiger charge is 2.60. The number of hydrogen-bond acceptors (Lipinski definition) is 2. The van der Waals surface area contributed by atoms with Crippen molar-refractivity contribution in [1.29, 1.82) is 0 Å². The van der Waals surface area contributed by atoms with E-state index in [2.05, 4.69) is 13.8 Å². The SMILES string of the molecule is CC.CC12CCC3C(CCC4CC(=O)CCC43C)C1CCC2=O. The fourth-order valence-corrected chi connectivity index (χ4v) is 6.82. The highest BCUT2D eigenvalue weighted by atomic mass is 16.1. The first kappa shape index (κ1) is 17.2. The Labute approximate surface area is 141 Å². The molecule has 2 nitrogen and oxygen atoms in total. The summed E-state index contributed by atoms with van der Waals surface area (Å²) in [6.45, 7) is 8.72. The Morgan fingerprint density at radius 1 is 0.870 bits per heavy atom. The van der Waals surface area contributed by atoms with Gasteiger partial charge in [0.1, 0.15) is 11.6 Å². The van der Waals surface area contributed by atoms with Gasteiger partial charge in [0.05, 0.1) is 0 Å². The van der Waals surface area contributed by atoms with E-state index < -0.39 is 0 Å². The number of rotatable bonds is 0. The average molecular weight is 319 g/mol. The topological polar surface area (TPSA) is 34.1 Å². The lowest BCUT2D eigenvalue weighted by atomic mass is 9.45. The molecule has 4 fully saturated rings. The second-order valence-corrected chi connectivity index (χ2v) is 8.82. The molecule has 130 valence electrons. The first-order valence-electron chi connectivity index (χ1n) is 10.00. The number of fused-ring (bicyclic) bond motifs is 5. The molecule has 0 bridgehead atoms. The minimum Gasteiger partial charge on any atom is -0.300 e. The molecule has 0 saturated heterocycles. The molecule has 2 heteroatoms. The summed E-state index contributed by atoms with van der Waals surface area (Å²) in [5.41, 5.74) is 0.374. The number of Topliss-reactive ketones (excluding diaryl/α,β-unsaturated/α-hetero) is 2. The summed E-state index contributed by atoms with van der Waals surface area (Å²) in [7, 11) is 0. The second-order valence-electron chi connectivity index (χ2n) is 8.82. The van der Waals surface area contributed by atoms with Gasteiger partial charge < -0.3 is 0 Å². The molecule has 4 aliphatic carbocycles. The number of carbonyl (C=O) groups is 2. The van der Waals surface area contributed by atoms with Gasteiger partial charge in [0, 0.05) is 24.7 Å². The molecule has 0 aromatic rings. The monoisotopic (exact) mass is 318 g/mol. The van der Waals surface area contributed by atoms with Crippen LogP contribution < -0.4 is 0 Å². The molecule has 0 spiro atoms. The van der Waals surface area contributed by atoms with E-state index in [-0.39, 0.29) is 5.41 Å². The van der Waals surface area contributed by atoms with Crippen LogP contribution in [-0.4, -0.2) is 11.6 Å². The zero-order valence-electron chi connectivity index (χ0n) is 15.5. The maximum atomic E-state index is 12.4. The van der Waals surface area contributed by atoms with Crippen LogP contribution in [0.3, 0.4) is 0 Å². The molecule has 0 radical (unpaired) electrons. The van der Waals surface area contributed by atoms with Crippen molar-refractivity contribution < 1.29 is 9.59 Å². The van der Waals surface area contributed by atoms with Crippen LogP contribution in [0.4, 0.5) is 0 Å². The molecule has 6 atom stereocenters. The summed E-state index contributed by atoms with van der Waals surface area (Å²) in [5, 5.41) is 0. The van der Waals surface area contributed by atoms with Crippen LogP contribution in [0.1, 0.15) is 85.5 Å². The van der Waals surface area contributed by atoms with E-state index >= 15 is 0 Å². The van der Waals surface area contributed by atoms with Gasteiger partial charge in [0.15, 0.2) is 0 Å². The Kier molecular flexibility index (Phi) is 4.48. The van der Waals surface area contributed by atoms with Crippen molar-refractivity contribution >= 4 is 11.6 Å². The maximum Gasteiger partial charge on any atom is 0.139 e. The largest absolute Gasteiger partial charge is 0.300 e. The van der Waals surface area contributed by atoms with Crippen LogP contribution in [0, 0.1) is 34.5 Å². The molecule has 6 unspecified atom stereocenters. The van der Waals surface area contributed by atoms with Gasteiger partial charge in [-0.3, -0.25) is 9.59 Å². The Hall–Kier alpha value is -0.660. The molecular formula is C21H34O2. The highest BCUT2D eigenvalue weighted by Crippen LogP contribution is 2.65. The molecule has 23 heavy (non-hydrogen) atoms. The third-order valence-corrected chi connectivity index (χ3v) is 8.19. The van der Waals surface area contributed by atoms with E-state index in [9.17, 15) is 9.59 Å². The third-order valence-electron chi connectivity index (χ3n) is 8.19. The Morgan fingerprint density at radius 3 is 2.35 bits per heavy atom. The molecule has 0 aromatic heterocycles. The van der Waals surface area contributed by atoms with Crippen LogP contribution in [0.5, 0.6) is 0 Å². The molecule has 0 N–H and O–H groups in total. The summed E-state index contributed by atoms with van der Waals surface area (Å²) >= 11 is 0. The van der Waals surface area contributed by atoms with Gasteiger partial charge in [-0.25, -0.2) is 0 Å². The van der Waals surface area contributed by atoms with E-state index in [1.54, 1.807) is 0 Å². The van der Waals surface area contributed by atoms with Crippen molar-refractivity contribution in [2.24, 2.45) is 34.5 Å². The first-order valence-corrected chi connectivity index (χ1v) is 10.00. The van der Waals surface area contributed by atoms with E-state index in [1.165, 1.54) is 19.3 Å². The fourth-order valence-electron chi connectivity index (χ4n) is 6.82.